The Kier molecular flexibility index (Phi) is 7.20. The van der Waals surface area contributed by atoms with E-state index in [0.29, 0.717) is 0 Å². The quantitative estimate of drug-likeness (QED) is 0.182. The number of fused-ring (bicyclic) bond motifs is 7. The van der Waals surface area contributed by atoms with Gasteiger partial charge in [-0.1, -0.05) is 152 Å². The lowest BCUT2D eigenvalue weighted by Crippen LogP contribution is -2.39. The van der Waals surface area contributed by atoms with Crippen molar-refractivity contribution in [2.75, 3.05) is 0 Å². The number of furan rings is 1. The van der Waals surface area contributed by atoms with Crippen LogP contribution in [0.25, 0.3) is 82.8 Å². The van der Waals surface area contributed by atoms with Crippen LogP contribution in [0.2, 0.25) is 0 Å². The largest absolute Gasteiger partial charge is 0.456 e. The normalized spacial score (nSPS) is 13.9. The molecule has 0 aliphatic carbocycles. The summed E-state index contributed by atoms with van der Waals surface area (Å²) >= 11 is 0. The molecule has 1 aliphatic rings. The van der Waals surface area contributed by atoms with E-state index in [9.17, 15) is 0 Å². The fraction of sp³-hybridized carbons (Fsp3) is 0.0196. The Bertz CT molecular complexity index is 3240. The van der Waals surface area contributed by atoms with Gasteiger partial charge in [0.05, 0.1) is 22.3 Å². The molecule has 11 rings (SSSR count). The maximum atomic E-state index is 6.62. The summed E-state index contributed by atoms with van der Waals surface area (Å²) < 4.78 is 6.62. The van der Waals surface area contributed by atoms with Gasteiger partial charge in [-0.25, -0.2) is 4.98 Å². The molecule has 0 radical (unpaired) electrons. The van der Waals surface area contributed by atoms with Gasteiger partial charge in [0.1, 0.15) is 17.3 Å². The standard InChI is InChI=1S/C51H33N3O/c1-3-15-32(16-4-1)34-19-13-22-37(29-34)51-53-43-27-11-8-24-39(43)49(54-51)35-20-14-21-36(30-35)50-41-31-45-48(40-25-9-12-28-44(40)55-45)46(33-17-5-2-6-18-33)47(41)38-23-7-10-26-42(38)52-50/h1-31,51,54H. The first-order valence-electron chi connectivity index (χ1n) is 18.7. The van der Waals surface area contributed by atoms with Gasteiger partial charge in [0.25, 0.3) is 0 Å². The first-order valence-corrected chi connectivity index (χ1v) is 18.7. The van der Waals surface area contributed by atoms with Crippen LogP contribution >= 0.6 is 0 Å². The molecule has 10 aromatic rings. The van der Waals surface area contributed by atoms with Gasteiger partial charge in [-0.2, -0.15) is 0 Å². The molecule has 258 valence electrons. The van der Waals surface area contributed by atoms with Crippen LogP contribution in [0.4, 0.5) is 0 Å². The Balaban J connectivity index is 1.13. The van der Waals surface area contributed by atoms with Gasteiger partial charge in [0, 0.05) is 43.3 Å². The van der Waals surface area contributed by atoms with Crippen LogP contribution in [0.5, 0.6) is 0 Å². The van der Waals surface area contributed by atoms with E-state index in [0.717, 1.165) is 88.0 Å². The highest BCUT2D eigenvalue weighted by Crippen LogP contribution is 2.46. The lowest BCUT2D eigenvalue weighted by atomic mass is 9.89. The minimum atomic E-state index is -0.258. The van der Waals surface area contributed by atoms with Crippen molar-refractivity contribution in [2.24, 2.45) is 4.99 Å². The van der Waals surface area contributed by atoms with Crippen molar-refractivity contribution in [3.63, 3.8) is 0 Å². The van der Waals surface area contributed by atoms with Crippen LogP contribution in [0.1, 0.15) is 17.3 Å². The van der Waals surface area contributed by atoms with Crippen molar-refractivity contribution in [1.29, 1.82) is 0 Å². The van der Waals surface area contributed by atoms with Gasteiger partial charge in [0.15, 0.2) is 0 Å². The molecule has 0 spiro atoms. The summed E-state index contributed by atoms with van der Waals surface area (Å²) in [7, 11) is 0. The smallest absolute Gasteiger partial charge is 0.145 e. The van der Waals surface area contributed by atoms with E-state index in [1.165, 1.54) is 16.5 Å². The first kappa shape index (κ1) is 31.2. The number of aromatic nitrogens is 1. The third-order valence-electron chi connectivity index (χ3n) is 10.8. The molecule has 3 heterocycles. The summed E-state index contributed by atoms with van der Waals surface area (Å²) in [5, 5.41) is 11.4. The summed E-state index contributed by atoms with van der Waals surface area (Å²) in [5.41, 5.74) is 12.5. The zero-order valence-electron chi connectivity index (χ0n) is 29.8. The molecule has 8 aromatic carbocycles. The Labute approximate surface area is 317 Å². The summed E-state index contributed by atoms with van der Waals surface area (Å²) in [6.45, 7) is 0. The van der Waals surface area contributed by atoms with Crippen LogP contribution in [0.15, 0.2) is 197 Å². The molecule has 1 unspecified atom stereocenters. The van der Waals surface area contributed by atoms with E-state index in [1.807, 2.05) is 6.07 Å². The van der Waals surface area contributed by atoms with E-state index in [-0.39, 0.29) is 6.17 Å². The maximum absolute atomic E-state index is 6.62. The second-order valence-corrected chi connectivity index (χ2v) is 14.1. The van der Waals surface area contributed by atoms with E-state index >= 15 is 0 Å². The van der Waals surface area contributed by atoms with Crippen LogP contribution < -0.4 is 15.9 Å². The van der Waals surface area contributed by atoms with E-state index in [2.05, 4.69) is 187 Å². The van der Waals surface area contributed by atoms with E-state index < -0.39 is 0 Å². The van der Waals surface area contributed by atoms with Crippen LogP contribution in [-0.4, -0.2) is 4.98 Å². The van der Waals surface area contributed by atoms with E-state index in [1.54, 1.807) is 0 Å². The number of hydrogen-bond acceptors (Lipinski definition) is 4. The van der Waals surface area contributed by atoms with Gasteiger partial charge < -0.3 is 9.73 Å². The third-order valence-corrected chi connectivity index (χ3v) is 10.8. The molecular weight excluding hydrogens is 671 g/mol. The predicted molar refractivity (Wildman–Crippen MR) is 225 cm³/mol. The van der Waals surface area contributed by atoms with E-state index in [4.69, 9.17) is 14.4 Å². The Morgan fingerprint density at radius 1 is 0.455 bits per heavy atom. The fourth-order valence-electron chi connectivity index (χ4n) is 8.35. The number of nitrogens with zero attached hydrogens (tertiary/aromatic N) is 2. The maximum Gasteiger partial charge on any atom is 0.145 e. The Morgan fingerprint density at radius 2 is 1.13 bits per heavy atom. The highest BCUT2D eigenvalue weighted by molar-refractivity contribution is 6.27. The highest BCUT2D eigenvalue weighted by atomic mass is 16.3. The highest BCUT2D eigenvalue weighted by Gasteiger charge is 2.23. The molecular formula is C51H33N3O. The lowest BCUT2D eigenvalue weighted by Gasteiger charge is -2.24. The van der Waals surface area contributed by atoms with Crippen molar-refractivity contribution >= 4 is 49.3 Å². The molecule has 0 saturated carbocycles. The van der Waals surface area contributed by atoms with Crippen molar-refractivity contribution in [3.05, 3.63) is 210 Å². The van der Waals surface area contributed by atoms with Gasteiger partial charge in [0.2, 0.25) is 0 Å². The molecule has 0 amide bonds. The van der Waals surface area contributed by atoms with Crippen molar-refractivity contribution < 1.29 is 4.42 Å². The number of hydrogen-bond donors (Lipinski definition) is 1. The molecule has 2 aromatic heterocycles. The average Bonchev–Trinajstić information content (AvgIpc) is 3.64. The molecule has 1 N–H and O–H groups in total. The molecule has 55 heavy (non-hydrogen) atoms. The molecule has 4 nitrogen and oxygen atoms in total. The Morgan fingerprint density at radius 3 is 2.00 bits per heavy atom. The zero-order valence-corrected chi connectivity index (χ0v) is 29.8. The third kappa shape index (κ3) is 5.22. The average molecular weight is 704 g/mol. The monoisotopic (exact) mass is 703 g/mol. The van der Waals surface area contributed by atoms with Gasteiger partial charge >= 0.3 is 0 Å². The molecule has 0 fully saturated rings. The summed E-state index contributed by atoms with van der Waals surface area (Å²) in [5.74, 6) is 0. The Hall–Kier alpha value is -7.30. The molecule has 4 heteroatoms. The molecule has 0 saturated heterocycles. The molecule has 1 aliphatic heterocycles. The fourth-order valence-corrected chi connectivity index (χ4v) is 8.35. The SMILES string of the molecule is c1ccc(-c2cccc(C3N=c4ccccc4=C(c4cccc(-c5nc6ccccc6c6c(-c7ccccc7)c7c(cc56)oc5ccccc57)c4)N3)c2)cc1. The number of nitrogens with one attached hydrogen (secondary N) is 1. The number of benzene rings is 8. The number of para-hydroxylation sites is 3. The summed E-state index contributed by atoms with van der Waals surface area (Å²) in [4.78, 5) is 10.6. The number of pyridine rings is 1. The minimum Gasteiger partial charge on any atom is -0.456 e. The summed E-state index contributed by atoms with van der Waals surface area (Å²) in [6.07, 6.45) is -0.258. The summed E-state index contributed by atoms with van der Waals surface area (Å²) in [6, 6.07) is 66.1. The van der Waals surface area contributed by atoms with Gasteiger partial charge in [-0.05, 0) is 64.2 Å². The van der Waals surface area contributed by atoms with Crippen LogP contribution in [-0.2, 0) is 0 Å². The van der Waals surface area contributed by atoms with Crippen molar-refractivity contribution in [1.82, 2.24) is 10.3 Å². The zero-order chi connectivity index (χ0) is 36.3. The topological polar surface area (TPSA) is 50.4 Å². The van der Waals surface area contributed by atoms with Crippen molar-refractivity contribution in [2.45, 2.75) is 6.17 Å². The minimum absolute atomic E-state index is 0.258. The predicted octanol–water partition coefficient (Wildman–Crippen LogP) is 11.4. The second-order valence-electron chi connectivity index (χ2n) is 14.1. The van der Waals surface area contributed by atoms with Crippen LogP contribution in [0.3, 0.4) is 0 Å². The lowest BCUT2D eigenvalue weighted by molar-refractivity contribution is 0.634. The second kappa shape index (κ2) is 12.7. The first-order chi connectivity index (χ1) is 27.3. The van der Waals surface area contributed by atoms with Gasteiger partial charge in [-0.15, -0.1) is 0 Å². The molecule has 1 atom stereocenters. The number of rotatable bonds is 5. The van der Waals surface area contributed by atoms with Crippen molar-refractivity contribution in [3.8, 4) is 33.5 Å². The van der Waals surface area contributed by atoms with Gasteiger partial charge in [-0.3, -0.25) is 4.99 Å². The van der Waals surface area contributed by atoms with Crippen LogP contribution in [0, 0.1) is 0 Å². The molecule has 0 bridgehead atoms.